The average molecular weight is 497 g/mol. The molecular weight excluding hydrogens is 468 g/mol. The van der Waals surface area contributed by atoms with Crippen LogP contribution in [0.25, 0.3) is 16.0 Å². The second-order valence-corrected chi connectivity index (χ2v) is 11.1. The molecule has 1 unspecified atom stereocenters. The fourth-order valence-electron chi connectivity index (χ4n) is 4.53. The number of hydrogen-bond acceptors (Lipinski definition) is 5. The van der Waals surface area contributed by atoms with Crippen molar-refractivity contribution in [3.8, 4) is 0 Å². The molecule has 1 fully saturated rings. The van der Waals surface area contributed by atoms with E-state index in [0.29, 0.717) is 10.7 Å². The number of amides is 1. The summed E-state index contributed by atoms with van der Waals surface area (Å²) in [4.78, 5) is 33.0. The molecule has 1 amide bonds. The summed E-state index contributed by atoms with van der Waals surface area (Å²) in [6.45, 7) is 8.46. The van der Waals surface area contributed by atoms with Gasteiger partial charge in [-0.3, -0.25) is 14.5 Å². The maximum absolute atomic E-state index is 13.4. The summed E-state index contributed by atoms with van der Waals surface area (Å²) in [5, 5.41) is 11.8. The Bertz CT molecular complexity index is 1460. The third kappa shape index (κ3) is 4.11. The molecule has 6 heteroatoms. The van der Waals surface area contributed by atoms with Crippen LogP contribution in [0.1, 0.15) is 56.0 Å². The lowest BCUT2D eigenvalue weighted by Crippen LogP contribution is -2.29. The molecule has 1 saturated heterocycles. The van der Waals surface area contributed by atoms with Crippen LogP contribution in [0.15, 0.2) is 78.4 Å². The van der Waals surface area contributed by atoms with Crippen LogP contribution in [-0.4, -0.2) is 21.8 Å². The highest BCUT2D eigenvalue weighted by atomic mass is 32.1. The first-order chi connectivity index (χ1) is 17.2. The van der Waals surface area contributed by atoms with Gasteiger partial charge in [-0.15, -0.1) is 0 Å². The molecule has 3 aromatic carbocycles. The number of Topliss-reactive ketones (excluding diaryl/α,β-unsaturated/α-hetero) is 1. The quantitative estimate of drug-likeness (QED) is 0.192. The van der Waals surface area contributed by atoms with Crippen LogP contribution in [0.3, 0.4) is 0 Å². The maximum atomic E-state index is 13.4. The number of anilines is 1. The Labute approximate surface area is 214 Å². The third-order valence-electron chi connectivity index (χ3n) is 6.66. The Hall–Kier alpha value is -3.77. The van der Waals surface area contributed by atoms with Crippen LogP contribution in [0.5, 0.6) is 0 Å². The van der Waals surface area contributed by atoms with Crippen LogP contribution in [0.2, 0.25) is 0 Å². The Morgan fingerprint density at radius 3 is 2.25 bits per heavy atom. The van der Waals surface area contributed by atoms with Gasteiger partial charge in [0.15, 0.2) is 5.13 Å². The second kappa shape index (κ2) is 9.03. The zero-order valence-corrected chi connectivity index (χ0v) is 21.6. The Morgan fingerprint density at radius 2 is 1.64 bits per heavy atom. The number of aliphatic hydroxyl groups excluding tert-OH is 1. The van der Waals surface area contributed by atoms with Crippen LogP contribution < -0.4 is 4.90 Å². The lowest BCUT2D eigenvalue weighted by molar-refractivity contribution is -0.132. The number of aryl methyl sites for hydroxylation is 1. The van der Waals surface area contributed by atoms with Gasteiger partial charge in [0.2, 0.25) is 0 Å². The van der Waals surface area contributed by atoms with Gasteiger partial charge in [-0.25, -0.2) is 4.98 Å². The van der Waals surface area contributed by atoms with E-state index in [9.17, 15) is 14.7 Å². The van der Waals surface area contributed by atoms with E-state index < -0.39 is 17.7 Å². The maximum Gasteiger partial charge on any atom is 0.301 e. The fraction of sp³-hybridized carbons (Fsp3) is 0.233. The zero-order valence-electron chi connectivity index (χ0n) is 20.8. The van der Waals surface area contributed by atoms with Crippen molar-refractivity contribution in [1.29, 1.82) is 0 Å². The number of hydrogen-bond donors (Lipinski definition) is 1. The number of aliphatic hydroxyl groups is 1. The number of ketones is 1. The number of para-hydroxylation sites is 1. The molecule has 1 atom stereocenters. The SMILES string of the molecule is CCc1ccc(/C(O)=C2\C(=O)C(=O)N(c3nc4ccccc4s3)C2c2ccc(C(C)(C)C)cc2)cc1. The molecule has 1 N–H and O–H groups in total. The highest BCUT2D eigenvalue weighted by molar-refractivity contribution is 7.22. The van der Waals surface area contributed by atoms with Gasteiger partial charge >= 0.3 is 5.91 Å². The number of rotatable bonds is 4. The molecule has 1 aliphatic heterocycles. The van der Waals surface area contributed by atoms with Crippen molar-refractivity contribution in [2.45, 2.75) is 45.6 Å². The predicted octanol–water partition coefficient (Wildman–Crippen LogP) is 6.78. The standard InChI is InChI=1S/C30H28N2O3S/c1-5-18-10-12-20(13-11-18)26(33)24-25(19-14-16-21(17-15-19)30(2,3)4)32(28(35)27(24)34)29-31-22-8-6-7-9-23(22)36-29/h6-17,25,33H,5H2,1-4H3/b26-24+. The van der Waals surface area contributed by atoms with E-state index >= 15 is 0 Å². The monoisotopic (exact) mass is 496 g/mol. The minimum atomic E-state index is -0.787. The van der Waals surface area contributed by atoms with Crippen LogP contribution in [0.4, 0.5) is 5.13 Å². The fourth-order valence-corrected chi connectivity index (χ4v) is 5.52. The molecule has 4 aromatic rings. The van der Waals surface area contributed by atoms with E-state index in [-0.39, 0.29) is 16.7 Å². The second-order valence-electron chi connectivity index (χ2n) is 10.1. The molecule has 1 aromatic heterocycles. The van der Waals surface area contributed by atoms with Crippen LogP contribution >= 0.6 is 11.3 Å². The molecule has 0 saturated carbocycles. The minimum Gasteiger partial charge on any atom is -0.507 e. The van der Waals surface area contributed by atoms with Crippen molar-refractivity contribution in [3.05, 3.63) is 101 Å². The number of carbonyl (C=O) groups is 2. The molecule has 0 aliphatic carbocycles. The first-order valence-corrected chi connectivity index (χ1v) is 12.9. The van der Waals surface area contributed by atoms with Crippen LogP contribution in [-0.2, 0) is 21.4 Å². The van der Waals surface area contributed by atoms with E-state index in [1.807, 2.05) is 60.7 Å². The smallest absolute Gasteiger partial charge is 0.301 e. The summed E-state index contributed by atoms with van der Waals surface area (Å²) in [5.41, 5.74) is 4.30. The molecular formula is C30H28N2O3S. The summed E-state index contributed by atoms with van der Waals surface area (Å²) < 4.78 is 0.923. The first kappa shape index (κ1) is 23.9. The van der Waals surface area contributed by atoms with Crippen molar-refractivity contribution >= 4 is 44.1 Å². The minimum absolute atomic E-state index is 0.0472. The molecule has 5 rings (SSSR count). The van der Waals surface area contributed by atoms with Gasteiger partial charge in [0, 0.05) is 5.56 Å². The number of thiazole rings is 1. The van der Waals surface area contributed by atoms with Crippen molar-refractivity contribution in [3.63, 3.8) is 0 Å². The largest absolute Gasteiger partial charge is 0.507 e. The Balaban J connectivity index is 1.70. The van der Waals surface area contributed by atoms with Gasteiger partial charge in [0.05, 0.1) is 21.8 Å². The van der Waals surface area contributed by atoms with Crippen molar-refractivity contribution in [1.82, 2.24) is 4.98 Å². The topological polar surface area (TPSA) is 70.5 Å². The normalized spacial score (nSPS) is 17.8. The number of nitrogens with zero attached hydrogens (tertiary/aromatic N) is 2. The summed E-state index contributed by atoms with van der Waals surface area (Å²) >= 11 is 1.36. The zero-order chi connectivity index (χ0) is 25.6. The van der Waals surface area contributed by atoms with Crippen molar-refractivity contribution < 1.29 is 14.7 Å². The third-order valence-corrected chi connectivity index (χ3v) is 7.70. The predicted molar refractivity (Wildman–Crippen MR) is 145 cm³/mol. The van der Waals surface area contributed by atoms with Gasteiger partial charge in [0.1, 0.15) is 5.76 Å². The van der Waals surface area contributed by atoms with Gasteiger partial charge in [0.25, 0.3) is 5.78 Å². The molecule has 182 valence electrons. The van der Waals surface area contributed by atoms with Gasteiger partial charge in [-0.2, -0.15) is 0 Å². The van der Waals surface area contributed by atoms with E-state index in [1.165, 1.54) is 16.2 Å². The molecule has 2 heterocycles. The summed E-state index contributed by atoms with van der Waals surface area (Å²) in [6.07, 6.45) is 0.864. The molecule has 36 heavy (non-hydrogen) atoms. The highest BCUT2D eigenvalue weighted by Crippen LogP contribution is 2.44. The average Bonchev–Trinajstić information content (AvgIpc) is 3.41. The number of aromatic nitrogens is 1. The van der Waals surface area contributed by atoms with Crippen LogP contribution in [0, 0.1) is 0 Å². The van der Waals surface area contributed by atoms with E-state index in [1.54, 1.807) is 12.1 Å². The molecule has 0 spiro atoms. The van der Waals surface area contributed by atoms with Gasteiger partial charge in [-0.05, 0) is 40.7 Å². The van der Waals surface area contributed by atoms with Gasteiger partial charge < -0.3 is 5.11 Å². The Morgan fingerprint density at radius 1 is 0.972 bits per heavy atom. The first-order valence-electron chi connectivity index (χ1n) is 12.1. The van der Waals surface area contributed by atoms with E-state index in [2.05, 4.69) is 32.7 Å². The lowest BCUT2D eigenvalue weighted by atomic mass is 9.85. The van der Waals surface area contributed by atoms with E-state index in [4.69, 9.17) is 0 Å². The molecule has 1 aliphatic rings. The molecule has 0 bridgehead atoms. The number of benzene rings is 3. The Kier molecular flexibility index (Phi) is 6.00. The number of carbonyl (C=O) groups excluding carboxylic acids is 2. The summed E-state index contributed by atoms with van der Waals surface area (Å²) in [5.74, 6) is -1.58. The number of fused-ring (bicyclic) bond motifs is 1. The van der Waals surface area contributed by atoms with Crippen molar-refractivity contribution in [2.24, 2.45) is 0 Å². The summed E-state index contributed by atoms with van der Waals surface area (Å²) in [6, 6.07) is 22.2. The van der Waals surface area contributed by atoms with Crippen molar-refractivity contribution in [2.75, 3.05) is 4.90 Å². The van der Waals surface area contributed by atoms with E-state index in [0.717, 1.165) is 33.3 Å². The molecule has 5 nitrogen and oxygen atoms in total. The molecule has 0 radical (unpaired) electrons. The summed E-state index contributed by atoms with van der Waals surface area (Å²) in [7, 11) is 0. The lowest BCUT2D eigenvalue weighted by Gasteiger charge is -2.24. The highest BCUT2D eigenvalue weighted by Gasteiger charge is 2.48. The van der Waals surface area contributed by atoms with Gasteiger partial charge in [-0.1, -0.05) is 99.7 Å².